The van der Waals surface area contributed by atoms with Crippen LogP contribution in [0.15, 0.2) is 91.4 Å². The molecular formula is C27H21ClN6O2. The molecule has 0 radical (unpaired) electrons. The number of benzene rings is 3. The number of rotatable bonds is 8. The van der Waals surface area contributed by atoms with Gasteiger partial charge in [0.05, 0.1) is 16.7 Å². The minimum absolute atomic E-state index is 0.232. The molecule has 8 nitrogen and oxygen atoms in total. The van der Waals surface area contributed by atoms with Crippen molar-refractivity contribution in [3.63, 3.8) is 0 Å². The van der Waals surface area contributed by atoms with Crippen molar-refractivity contribution in [3.8, 4) is 11.5 Å². The number of fused-ring (bicyclic) bond motifs is 2. The Hall–Kier alpha value is -4.43. The maximum Gasteiger partial charge on any atom is 0.184 e. The van der Waals surface area contributed by atoms with Crippen LogP contribution in [0, 0.1) is 0 Å². The third-order valence-electron chi connectivity index (χ3n) is 5.85. The molecule has 0 aliphatic rings. The highest BCUT2D eigenvalue weighted by molar-refractivity contribution is 6.31. The van der Waals surface area contributed by atoms with Gasteiger partial charge in [-0.3, -0.25) is 0 Å². The van der Waals surface area contributed by atoms with Gasteiger partial charge in [0.1, 0.15) is 24.4 Å². The summed E-state index contributed by atoms with van der Waals surface area (Å²) in [5, 5.41) is 14.0. The Bertz CT molecular complexity index is 1650. The van der Waals surface area contributed by atoms with E-state index < -0.39 is 0 Å². The van der Waals surface area contributed by atoms with Crippen LogP contribution in [0.2, 0.25) is 5.02 Å². The molecule has 0 bridgehead atoms. The van der Waals surface area contributed by atoms with Crippen LogP contribution in [0.25, 0.3) is 21.8 Å². The molecule has 0 fully saturated rings. The van der Waals surface area contributed by atoms with Crippen molar-refractivity contribution in [1.29, 1.82) is 0 Å². The number of ether oxygens (including phenoxy) is 2. The lowest BCUT2D eigenvalue weighted by Crippen LogP contribution is -2.07. The van der Waals surface area contributed by atoms with Crippen LogP contribution in [0.3, 0.4) is 0 Å². The fraction of sp³-hybridized carbons (Fsp3) is 0.111. The molecule has 3 heterocycles. The van der Waals surface area contributed by atoms with Crippen LogP contribution in [0.1, 0.15) is 11.3 Å². The number of hydrogen-bond acceptors (Lipinski definition) is 6. The number of nitrogens with zero attached hydrogens (tertiary/aromatic N) is 6. The molecule has 0 N–H and O–H groups in total. The van der Waals surface area contributed by atoms with Gasteiger partial charge >= 0.3 is 0 Å². The van der Waals surface area contributed by atoms with E-state index in [0.29, 0.717) is 18.2 Å². The molecule has 178 valence electrons. The third kappa shape index (κ3) is 4.71. The lowest BCUT2D eigenvalue weighted by Gasteiger charge is -2.12. The average molecular weight is 497 g/mol. The molecule has 0 spiro atoms. The topological polar surface area (TPSA) is 79.9 Å². The molecule has 0 amide bonds. The number of hydrogen-bond donors (Lipinski definition) is 0. The number of aromatic nitrogens is 6. The van der Waals surface area contributed by atoms with Crippen LogP contribution in [0.5, 0.6) is 11.5 Å². The number of halogens is 1. The van der Waals surface area contributed by atoms with Gasteiger partial charge in [0, 0.05) is 28.5 Å². The smallest absolute Gasteiger partial charge is 0.184 e. The number of tetrazole rings is 1. The minimum atomic E-state index is 0.232. The van der Waals surface area contributed by atoms with Crippen LogP contribution in [-0.4, -0.2) is 29.8 Å². The van der Waals surface area contributed by atoms with Gasteiger partial charge < -0.3 is 14.0 Å². The van der Waals surface area contributed by atoms with Crippen molar-refractivity contribution in [1.82, 2.24) is 29.8 Å². The van der Waals surface area contributed by atoms with E-state index in [1.165, 1.54) is 11.0 Å². The number of para-hydroxylation sites is 1. The Labute approximate surface area is 211 Å². The van der Waals surface area contributed by atoms with E-state index in [0.717, 1.165) is 44.6 Å². The second kappa shape index (κ2) is 9.67. The minimum Gasteiger partial charge on any atom is -0.487 e. The fourth-order valence-corrected chi connectivity index (χ4v) is 4.32. The summed E-state index contributed by atoms with van der Waals surface area (Å²) in [5.74, 6) is 1.55. The van der Waals surface area contributed by atoms with Crippen LogP contribution < -0.4 is 9.47 Å². The normalized spacial score (nSPS) is 11.2. The van der Waals surface area contributed by atoms with Gasteiger partial charge in [0.2, 0.25) is 0 Å². The summed E-state index contributed by atoms with van der Waals surface area (Å²) in [6.45, 7) is 1.27. The summed E-state index contributed by atoms with van der Waals surface area (Å²) in [5.41, 5.74) is 3.82. The maximum atomic E-state index is 6.12. The van der Waals surface area contributed by atoms with E-state index in [1.54, 1.807) is 0 Å². The lowest BCUT2D eigenvalue weighted by molar-refractivity contribution is 0.220. The van der Waals surface area contributed by atoms with Gasteiger partial charge in [0.25, 0.3) is 0 Å². The van der Waals surface area contributed by atoms with E-state index in [9.17, 15) is 0 Å². The summed E-state index contributed by atoms with van der Waals surface area (Å²) >= 11 is 6.12. The van der Waals surface area contributed by atoms with Crippen LogP contribution >= 0.6 is 11.6 Å². The Morgan fingerprint density at radius 2 is 1.78 bits per heavy atom. The maximum absolute atomic E-state index is 6.12. The van der Waals surface area contributed by atoms with Crippen molar-refractivity contribution in [2.24, 2.45) is 0 Å². The summed E-state index contributed by atoms with van der Waals surface area (Å²) in [6.07, 6.45) is 3.58. The van der Waals surface area contributed by atoms with Gasteiger partial charge in [-0.25, -0.2) is 4.98 Å². The quantitative estimate of drug-likeness (QED) is 0.277. The highest BCUT2D eigenvalue weighted by Crippen LogP contribution is 2.28. The Balaban J connectivity index is 1.18. The van der Waals surface area contributed by atoms with Gasteiger partial charge in [0.15, 0.2) is 6.73 Å². The fourth-order valence-electron chi connectivity index (χ4n) is 4.15. The summed E-state index contributed by atoms with van der Waals surface area (Å²) < 4.78 is 15.8. The van der Waals surface area contributed by atoms with Crippen molar-refractivity contribution < 1.29 is 9.47 Å². The Kier molecular flexibility index (Phi) is 5.93. The monoisotopic (exact) mass is 496 g/mol. The zero-order valence-electron chi connectivity index (χ0n) is 19.2. The van der Waals surface area contributed by atoms with Gasteiger partial charge in [-0.1, -0.05) is 48.0 Å². The third-order valence-corrected chi connectivity index (χ3v) is 6.08. The summed E-state index contributed by atoms with van der Waals surface area (Å²) in [7, 11) is 0. The molecule has 36 heavy (non-hydrogen) atoms. The lowest BCUT2D eigenvalue weighted by atomic mass is 10.2. The molecule has 0 aliphatic heterocycles. The molecule has 0 atom stereocenters. The van der Waals surface area contributed by atoms with Gasteiger partial charge in [-0.05, 0) is 58.5 Å². The van der Waals surface area contributed by atoms with E-state index in [1.807, 2.05) is 60.7 Å². The van der Waals surface area contributed by atoms with Crippen molar-refractivity contribution >= 4 is 33.4 Å². The first kappa shape index (κ1) is 22.1. The molecular weight excluding hydrogens is 476 g/mol. The molecule has 0 aliphatic carbocycles. The van der Waals surface area contributed by atoms with Crippen LogP contribution in [0.4, 0.5) is 0 Å². The summed E-state index contributed by atoms with van der Waals surface area (Å²) in [4.78, 5) is 4.67. The van der Waals surface area contributed by atoms with E-state index in [2.05, 4.69) is 49.5 Å². The molecule has 3 aromatic heterocycles. The highest BCUT2D eigenvalue weighted by Gasteiger charge is 2.10. The standard InChI is InChI=1S/C27H21ClN6O2/c28-22-9-7-20-8-10-23(30-25(20)14-22)16-35-24-5-1-3-19(13-24)15-33-12-11-21-4-2-6-26(27(21)33)36-18-34-17-29-31-32-34/h1-14,17H,15-16,18H2. The SMILES string of the molecule is Clc1ccc2ccc(COc3cccc(Cn4ccc5cccc(OCn6cnnn6)c54)c3)nc2c1. The van der Waals surface area contributed by atoms with E-state index in [-0.39, 0.29) is 6.73 Å². The van der Waals surface area contributed by atoms with Crippen molar-refractivity contribution in [2.45, 2.75) is 19.9 Å². The molecule has 0 saturated heterocycles. The van der Waals surface area contributed by atoms with E-state index >= 15 is 0 Å². The molecule has 0 saturated carbocycles. The zero-order chi connectivity index (χ0) is 24.3. The molecule has 9 heteroatoms. The summed E-state index contributed by atoms with van der Waals surface area (Å²) in [6, 6.07) is 25.9. The predicted octanol–water partition coefficient (Wildman–Crippen LogP) is 5.49. The first-order chi connectivity index (χ1) is 17.7. The average Bonchev–Trinajstić information content (AvgIpc) is 3.57. The first-order valence-corrected chi connectivity index (χ1v) is 11.8. The largest absolute Gasteiger partial charge is 0.487 e. The van der Waals surface area contributed by atoms with Crippen LogP contribution in [-0.2, 0) is 19.9 Å². The van der Waals surface area contributed by atoms with Gasteiger partial charge in [-0.2, -0.15) is 4.68 Å². The van der Waals surface area contributed by atoms with E-state index in [4.69, 9.17) is 21.1 Å². The van der Waals surface area contributed by atoms with Crippen molar-refractivity contribution in [2.75, 3.05) is 0 Å². The second-order valence-electron chi connectivity index (χ2n) is 8.34. The molecule has 6 rings (SSSR count). The van der Waals surface area contributed by atoms with Gasteiger partial charge in [-0.15, -0.1) is 5.10 Å². The zero-order valence-corrected chi connectivity index (χ0v) is 19.9. The predicted molar refractivity (Wildman–Crippen MR) is 137 cm³/mol. The molecule has 0 unspecified atom stereocenters. The number of pyridine rings is 1. The highest BCUT2D eigenvalue weighted by atomic mass is 35.5. The van der Waals surface area contributed by atoms with Crippen molar-refractivity contribution in [3.05, 3.63) is 108 Å². The second-order valence-corrected chi connectivity index (χ2v) is 8.77. The first-order valence-electron chi connectivity index (χ1n) is 11.4. The Morgan fingerprint density at radius 1 is 0.861 bits per heavy atom. The molecule has 3 aromatic carbocycles. The Morgan fingerprint density at radius 3 is 2.69 bits per heavy atom. The molecule has 6 aromatic rings.